The standard InChI is InChI=1S/C10H20OSi/c1-10(2,3)12(4,5)9-7-6-8-11/h11H,6,8H2,1-5H3. The lowest BCUT2D eigenvalue weighted by Crippen LogP contribution is -2.35. The van der Waals surface area contributed by atoms with Crippen molar-refractivity contribution in [3.63, 3.8) is 0 Å². The Hall–Kier alpha value is -0.263. The van der Waals surface area contributed by atoms with Gasteiger partial charge < -0.3 is 5.11 Å². The third kappa shape index (κ3) is 3.42. The molecular formula is C10H20OSi. The maximum Gasteiger partial charge on any atom is 0.137 e. The van der Waals surface area contributed by atoms with Crippen LogP contribution in [0.1, 0.15) is 27.2 Å². The summed E-state index contributed by atoms with van der Waals surface area (Å²) in [7, 11) is -1.41. The third-order valence-electron chi connectivity index (χ3n) is 2.51. The average molecular weight is 184 g/mol. The molecule has 1 N–H and O–H groups in total. The van der Waals surface area contributed by atoms with Crippen molar-refractivity contribution in [1.82, 2.24) is 0 Å². The van der Waals surface area contributed by atoms with E-state index in [4.69, 9.17) is 5.11 Å². The molecule has 12 heavy (non-hydrogen) atoms. The van der Waals surface area contributed by atoms with Crippen molar-refractivity contribution >= 4 is 8.07 Å². The number of rotatable bonds is 1. The number of hydrogen-bond donors (Lipinski definition) is 1. The molecule has 0 spiro atoms. The summed E-state index contributed by atoms with van der Waals surface area (Å²) < 4.78 is 0. The summed E-state index contributed by atoms with van der Waals surface area (Å²) in [5, 5.41) is 8.91. The minimum absolute atomic E-state index is 0.182. The zero-order valence-electron chi connectivity index (χ0n) is 8.86. The molecule has 0 saturated carbocycles. The molecule has 0 heterocycles. The summed E-state index contributed by atoms with van der Waals surface area (Å²) in [4.78, 5) is 0. The van der Waals surface area contributed by atoms with Crippen LogP contribution >= 0.6 is 0 Å². The van der Waals surface area contributed by atoms with Crippen LogP contribution in [0.2, 0.25) is 18.1 Å². The largest absolute Gasteiger partial charge is 0.395 e. The molecule has 0 amide bonds. The second-order valence-electron chi connectivity index (χ2n) is 4.65. The van der Waals surface area contributed by atoms with Gasteiger partial charge in [0.15, 0.2) is 0 Å². The lowest BCUT2D eigenvalue weighted by atomic mass is 10.2. The molecule has 0 fully saturated rings. The van der Waals surface area contributed by atoms with Gasteiger partial charge in [-0.2, -0.15) is 0 Å². The predicted octanol–water partition coefficient (Wildman–Crippen LogP) is 2.42. The summed E-state index contributed by atoms with van der Waals surface area (Å²) in [6.45, 7) is 11.5. The van der Waals surface area contributed by atoms with Gasteiger partial charge in [0.05, 0.1) is 6.61 Å². The van der Waals surface area contributed by atoms with Crippen LogP contribution in [0.4, 0.5) is 0 Å². The fraction of sp³-hybridized carbons (Fsp3) is 0.800. The Morgan fingerprint density at radius 2 is 1.75 bits per heavy atom. The van der Waals surface area contributed by atoms with E-state index >= 15 is 0 Å². The molecule has 0 atom stereocenters. The third-order valence-corrected chi connectivity index (χ3v) is 7.06. The summed E-state index contributed by atoms with van der Waals surface area (Å²) in [6, 6.07) is 0. The van der Waals surface area contributed by atoms with Crippen LogP contribution in [0.5, 0.6) is 0 Å². The van der Waals surface area contributed by atoms with Crippen molar-refractivity contribution < 1.29 is 5.11 Å². The predicted molar refractivity (Wildman–Crippen MR) is 56.7 cm³/mol. The molecule has 0 aromatic rings. The molecule has 0 aliphatic carbocycles. The second-order valence-corrected chi connectivity index (χ2v) is 9.65. The van der Waals surface area contributed by atoms with Gasteiger partial charge >= 0.3 is 0 Å². The fourth-order valence-corrected chi connectivity index (χ4v) is 1.47. The van der Waals surface area contributed by atoms with E-state index in [0.717, 1.165) is 0 Å². The summed E-state index contributed by atoms with van der Waals surface area (Å²) in [6.07, 6.45) is 0.618. The molecule has 1 nitrogen and oxygen atoms in total. The van der Waals surface area contributed by atoms with Crippen molar-refractivity contribution in [2.45, 2.75) is 45.3 Å². The van der Waals surface area contributed by atoms with Gasteiger partial charge in [-0.05, 0) is 5.04 Å². The van der Waals surface area contributed by atoms with Crippen molar-refractivity contribution in [1.29, 1.82) is 0 Å². The van der Waals surface area contributed by atoms with Gasteiger partial charge in [-0.25, -0.2) is 0 Å². The molecule has 0 radical (unpaired) electrons. The highest BCUT2D eigenvalue weighted by Gasteiger charge is 2.33. The SMILES string of the molecule is CC(C)(C)[Si](C)(C)C#CCCO. The molecular weight excluding hydrogens is 164 g/mol. The highest BCUT2D eigenvalue weighted by Crippen LogP contribution is 2.34. The van der Waals surface area contributed by atoms with Crippen LogP contribution in [0.15, 0.2) is 0 Å². The Balaban J connectivity index is 4.35. The first-order chi connectivity index (χ1) is 5.31. The fourth-order valence-electron chi connectivity index (χ4n) is 0.527. The van der Waals surface area contributed by atoms with Crippen molar-refractivity contribution in [2.75, 3.05) is 6.61 Å². The van der Waals surface area contributed by atoms with Gasteiger partial charge in [0, 0.05) is 6.42 Å². The maximum atomic E-state index is 8.58. The molecule has 70 valence electrons. The first-order valence-corrected chi connectivity index (χ1v) is 7.42. The van der Waals surface area contributed by atoms with Gasteiger partial charge in [-0.15, -0.1) is 11.5 Å². The lowest BCUT2D eigenvalue weighted by Gasteiger charge is -2.31. The first-order valence-electron chi connectivity index (χ1n) is 4.42. The Kier molecular flexibility index (Phi) is 4.02. The first kappa shape index (κ1) is 11.7. The maximum absolute atomic E-state index is 8.58. The topological polar surface area (TPSA) is 20.2 Å². The summed E-state index contributed by atoms with van der Waals surface area (Å²) >= 11 is 0. The molecule has 0 bridgehead atoms. The zero-order chi connectivity index (χ0) is 9.83. The van der Waals surface area contributed by atoms with Crippen LogP contribution in [0, 0.1) is 11.5 Å². The van der Waals surface area contributed by atoms with Crippen molar-refractivity contribution in [3.05, 3.63) is 0 Å². The quantitative estimate of drug-likeness (QED) is 0.490. The smallest absolute Gasteiger partial charge is 0.137 e. The highest BCUT2D eigenvalue weighted by atomic mass is 28.3. The van der Waals surface area contributed by atoms with E-state index in [2.05, 4.69) is 45.3 Å². The van der Waals surface area contributed by atoms with E-state index in [0.29, 0.717) is 11.5 Å². The summed E-state index contributed by atoms with van der Waals surface area (Å²) in [5.74, 6) is 3.04. The van der Waals surface area contributed by atoms with Crippen LogP contribution in [-0.4, -0.2) is 19.8 Å². The van der Waals surface area contributed by atoms with Crippen molar-refractivity contribution in [3.8, 4) is 11.5 Å². The molecule has 2 heteroatoms. The average Bonchev–Trinajstić information content (AvgIpc) is 1.85. The zero-order valence-corrected chi connectivity index (χ0v) is 9.86. The van der Waals surface area contributed by atoms with Crippen LogP contribution in [0.3, 0.4) is 0 Å². The van der Waals surface area contributed by atoms with E-state index in [-0.39, 0.29) is 6.61 Å². The Morgan fingerprint density at radius 1 is 1.25 bits per heavy atom. The van der Waals surface area contributed by atoms with E-state index in [1.54, 1.807) is 0 Å². The molecule has 0 aromatic carbocycles. The number of aliphatic hydroxyl groups excluding tert-OH is 1. The van der Waals surface area contributed by atoms with Crippen molar-refractivity contribution in [2.24, 2.45) is 0 Å². The van der Waals surface area contributed by atoms with E-state index in [1.165, 1.54) is 0 Å². The van der Waals surface area contributed by atoms with E-state index in [1.807, 2.05) is 0 Å². The van der Waals surface area contributed by atoms with Gasteiger partial charge in [0.25, 0.3) is 0 Å². The van der Waals surface area contributed by atoms with E-state index < -0.39 is 8.07 Å². The van der Waals surface area contributed by atoms with Gasteiger partial charge in [0.2, 0.25) is 0 Å². The van der Waals surface area contributed by atoms with Gasteiger partial charge in [-0.1, -0.05) is 33.9 Å². The molecule has 0 unspecified atom stereocenters. The normalized spacial score (nSPS) is 12.2. The molecule has 0 aliphatic rings. The molecule has 0 rings (SSSR count). The number of hydrogen-bond acceptors (Lipinski definition) is 1. The molecule has 0 aliphatic heterocycles. The van der Waals surface area contributed by atoms with Gasteiger partial charge in [0.1, 0.15) is 8.07 Å². The Morgan fingerprint density at radius 3 is 2.08 bits per heavy atom. The van der Waals surface area contributed by atoms with Crippen LogP contribution in [-0.2, 0) is 0 Å². The monoisotopic (exact) mass is 184 g/mol. The van der Waals surface area contributed by atoms with Gasteiger partial charge in [-0.3, -0.25) is 0 Å². The molecule has 0 aromatic heterocycles. The lowest BCUT2D eigenvalue weighted by molar-refractivity contribution is 0.305. The second kappa shape index (κ2) is 4.11. The van der Waals surface area contributed by atoms with Crippen LogP contribution in [0.25, 0.3) is 0 Å². The minimum atomic E-state index is -1.41. The highest BCUT2D eigenvalue weighted by molar-refractivity contribution is 6.87. The summed E-state index contributed by atoms with van der Waals surface area (Å²) in [5.41, 5.74) is 3.33. The molecule has 0 saturated heterocycles. The minimum Gasteiger partial charge on any atom is -0.395 e. The Labute approximate surface area is 77.2 Å². The van der Waals surface area contributed by atoms with Crippen LogP contribution < -0.4 is 0 Å². The van der Waals surface area contributed by atoms with E-state index in [9.17, 15) is 0 Å². The number of aliphatic hydroxyl groups is 1. The Bertz CT molecular complexity index is 190.